The highest BCUT2D eigenvalue weighted by molar-refractivity contribution is 8.30. The number of carbonyl (C=O) groups is 1. The molecular weight excluding hydrogens is 470 g/mol. The SMILES string of the molecule is COc1ccc(C23SC(c4ccc(C)cc4)(SC2=O)n2c(=O)n(-c4ccccc4)c(=O)n23)cc1. The molecule has 2 aliphatic rings. The first kappa shape index (κ1) is 21.1. The second kappa shape index (κ2) is 7.28. The van der Waals surface area contributed by atoms with E-state index in [-0.39, 0.29) is 5.12 Å². The molecule has 7 nitrogen and oxygen atoms in total. The van der Waals surface area contributed by atoms with E-state index in [0.29, 0.717) is 17.0 Å². The van der Waals surface area contributed by atoms with Gasteiger partial charge < -0.3 is 4.74 Å². The minimum Gasteiger partial charge on any atom is -0.497 e. The molecule has 1 saturated heterocycles. The Bertz CT molecular complexity index is 1560. The molecule has 34 heavy (non-hydrogen) atoms. The first-order chi connectivity index (χ1) is 16.4. The summed E-state index contributed by atoms with van der Waals surface area (Å²) >= 11 is 2.40. The van der Waals surface area contributed by atoms with Crippen LogP contribution in [0.25, 0.3) is 5.69 Å². The summed E-state index contributed by atoms with van der Waals surface area (Å²) in [4.78, 5) is 40.1. The zero-order valence-electron chi connectivity index (χ0n) is 18.3. The molecule has 170 valence electrons. The highest BCUT2D eigenvalue weighted by Gasteiger charge is 2.69. The summed E-state index contributed by atoms with van der Waals surface area (Å²) in [5, 5.41) is -0.199. The number of thioether (sulfide) groups is 2. The lowest BCUT2D eigenvalue weighted by Crippen LogP contribution is -2.46. The highest BCUT2D eigenvalue weighted by atomic mass is 32.2. The van der Waals surface area contributed by atoms with Gasteiger partial charge in [0.05, 0.1) is 12.8 Å². The van der Waals surface area contributed by atoms with E-state index in [1.165, 1.54) is 21.1 Å². The lowest BCUT2D eigenvalue weighted by Gasteiger charge is -2.27. The Morgan fingerprint density at radius 1 is 0.765 bits per heavy atom. The number of ether oxygens (including phenoxy) is 1. The quantitative estimate of drug-likeness (QED) is 0.437. The Morgan fingerprint density at radius 2 is 1.38 bits per heavy atom. The van der Waals surface area contributed by atoms with Gasteiger partial charge in [-0.25, -0.2) is 14.2 Å². The molecule has 1 aromatic heterocycles. The second-order valence-electron chi connectivity index (χ2n) is 8.17. The largest absolute Gasteiger partial charge is 0.497 e. The molecule has 2 atom stereocenters. The Balaban J connectivity index is 1.70. The van der Waals surface area contributed by atoms with Crippen LogP contribution in [0.2, 0.25) is 0 Å². The van der Waals surface area contributed by atoms with Crippen molar-refractivity contribution in [2.75, 3.05) is 7.11 Å². The molecule has 2 bridgehead atoms. The molecule has 0 saturated carbocycles. The van der Waals surface area contributed by atoms with E-state index in [4.69, 9.17) is 4.74 Å². The van der Waals surface area contributed by atoms with Crippen LogP contribution in [0, 0.1) is 6.92 Å². The molecule has 0 spiro atoms. The highest BCUT2D eigenvalue weighted by Crippen LogP contribution is 2.68. The lowest BCUT2D eigenvalue weighted by molar-refractivity contribution is -0.114. The molecule has 6 rings (SSSR count). The summed E-state index contributed by atoms with van der Waals surface area (Å²) in [5.41, 5.74) is 1.86. The monoisotopic (exact) mass is 489 g/mol. The van der Waals surface area contributed by atoms with Crippen molar-refractivity contribution < 1.29 is 9.53 Å². The molecule has 0 N–H and O–H groups in total. The van der Waals surface area contributed by atoms with Gasteiger partial charge in [0.25, 0.3) is 0 Å². The fourth-order valence-electron chi connectivity index (χ4n) is 4.57. The lowest BCUT2D eigenvalue weighted by atomic mass is 10.1. The third kappa shape index (κ3) is 2.59. The van der Waals surface area contributed by atoms with E-state index < -0.39 is 20.5 Å². The first-order valence-corrected chi connectivity index (χ1v) is 12.2. The maximum absolute atomic E-state index is 13.9. The van der Waals surface area contributed by atoms with Gasteiger partial charge in [-0.05, 0) is 48.5 Å². The van der Waals surface area contributed by atoms with Crippen molar-refractivity contribution in [3.63, 3.8) is 0 Å². The number of nitrogens with zero attached hydrogens (tertiary/aromatic N) is 3. The van der Waals surface area contributed by atoms with E-state index in [0.717, 1.165) is 27.5 Å². The predicted molar refractivity (Wildman–Crippen MR) is 133 cm³/mol. The van der Waals surface area contributed by atoms with Crippen molar-refractivity contribution in [2.24, 2.45) is 0 Å². The maximum Gasteiger partial charge on any atom is 0.354 e. The topological polar surface area (TPSA) is 75.2 Å². The molecule has 4 aromatic rings. The molecule has 0 radical (unpaired) electrons. The van der Waals surface area contributed by atoms with E-state index in [1.807, 2.05) is 37.3 Å². The van der Waals surface area contributed by atoms with Crippen molar-refractivity contribution in [3.05, 3.63) is 117 Å². The van der Waals surface area contributed by atoms with Crippen LogP contribution in [0.4, 0.5) is 0 Å². The van der Waals surface area contributed by atoms with Crippen molar-refractivity contribution in [3.8, 4) is 11.4 Å². The van der Waals surface area contributed by atoms with Gasteiger partial charge >= 0.3 is 11.4 Å². The number of rotatable bonds is 4. The number of hydrogen-bond donors (Lipinski definition) is 0. The van der Waals surface area contributed by atoms with Gasteiger partial charge in [0.1, 0.15) is 5.75 Å². The fourth-order valence-corrected chi connectivity index (χ4v) is 8.15. The van der Waals surface area contributed by atoms with Gasteiger partial charge in [0.15, 0.2) is 4.20 Å². The molecule has 0 amide bonds. The van der Waals surface area contributed by atoms with Crippen molar-refractivity contribution in [2.45, 2.75) is 16.0 Å². The van der Waals surface area contributed by atoms with E-state index in [9.17, 15) is 14.4 Å². The summed E-state index contributed by atoms with van der Waals surface area (Å²) in [7, 11) is 1.57. The molecule has 2 unspecified atom stereocenters. The summed E-state index contributed by atoms with van der Waals surface area (Å²) in [5.74, 6) is 0.637. The van der Waals surface area contributed by atoms with Crippen LogP contribution in [0.15, 0.2) is 88.5 Å². The summed E-state index contributed by atoms with van der Waals surface area (Å²) in [6.07, 6.45) is 0. The Labute approximate surface area is 203 Å². The number of hydrogen-bond acceptors (Lipinski definition) is 6. The maximum atomic E-state index is 13.9. The Morgan fingerprint density at radius 3 is 2.03 bits per heavy atom. The zero-order chi connectivity index (χ0) is 23.7. The van der Waals surface area contributed by atoms with Gasteiger partial charge in [-0.3, -0.25) is 4.79 Å². The van der Waals surface area contributed by atoms with E-state index >= 15 is 0 Å². The molecule has 9 heteroatoms. The number of benzene rings is 3. The summed E-state index contributed by atoms with van der Waals surface area (Å²) in [6.45, 7) is 1.98. The standard InChI is InChI=1S/C25H19N3O4S2/c1-16-8-10-18(11-9-16)25-28-23(31)26(19-6-4-3-5-7-19)22(30)27(28)24(34-25,21(29)33-25)17-12-14-20(32-2)15-13-17/h3-15H,1-2H3. The Hall–Kier alpha value is -3.43. The number of fused-ring (bicyclic) bond motifs is 5. The predicted octanol–water partition coefficient (Wildman–Crippen LogP) is 3.50. The number of aromatic nitrogens is 3. The molecule has 3 aromatic carbocycles. The minimum atomic E-state index is -1.39. The fraction of sp³-hybridized carbons (Fsp3) is 0.160. The average Bonchev–Trinajstić information content (AvgIpc) is 3.44. The third-order valence-corrected chi connectivity index (χ3v) is 9.60. The smallest absolute Gasteiger partial charge is 0.354 e. The van der Waals surface area contributed by atoms with E-state index in [2.05, 4.69) is 0 Å². The van der Waals surface area contributed by atoms with Gasteiger partial charge in [-0.15, -0.1) is 0 Å². The van der Waals surface area contributed by atoms with Crippen LogP contribution >= 0.6 is 23.5 Å². The van der Waals surface area contributed by atoms with Crippen LogP contribution in [0.5, 0.6) is 5.75 Å². The van der Waals surface area contributed by atoms with Crippen LogP contribution in [0.3, 0.4) is 0 Å². The van der Waals surface area contributed by atoms with Gasteiger partial charge in [0.2, 0.25) is 9.99 Å². The normalized spacial score (nSPS) is 22.7. The molecule has 3 heterocycles. The van der Waals surface area contributed by atoms with Crippen molar-refractivity contribution >= 4 is 28.6 Å². The van der Waals surface area contributed by atoms with E-state index in [1.54, 1.807) is 55.6 Å². The first-order valence-electron chi connectivity index (χ1n) is 10.6. The molecular formula is C25H19N3O4S2. The zero-order valence-corrected chi connectivity index (χ0v) is 19.9. The Kier molecular flexibility index (Phi) is 4.53. The number of carbonyl (C=O) groups excluding carboxylic acids is 1. The van der Waals surface area contributed by atoms with Crippen LogP contribution in [-0.2, 0) is 13.9 Å². The molecule has 0 aliphatic carbocycles. The van der Waals surface area contributed by atoms with Crippen LogP contribution < -0.4 is 16.1 Å². The van der Waals surface area contributed by atoms with Gasteiger partial charge in [-0.2, -0.15) is 9.36 Å². The summed E-state index contributed by atoms with van der Waals surface area (Å²) < 4.78 is 8.11. The van der Waals surface area contributed by atoms with Gasteiger partial charge in [0, 0.05) is 5.56 Å². The van der Waals surface area contributed by atoms with Crippen LogP contribution in [-0.4, -0.2) is 26.2 Å². The number of methoxy groups -OCH3 is 1. The third-order valence-electron chi connectivity index (χ3n) is 6.23. The van der Waals surface area contributed by atoms with Crippen molar-refractivity contribution in [1.29, 1.82) is 0 Å². The van der Waals surface area contributed by atoms with Crippen molar-refractivity contribution in [1.82, 2.24) is 13.9 Å². The average molecular weight is 490 g/mol. The minimum absolute atomic E-state index is 0.199. The number of aryl methyl sites for hydroxylation is 1. The number of para-hydroxylation sites is 1. The van der Waals surface area contributed by atoms with Gasteiger partial charge in [-0.1, -0.05) is 71.9 Å². The summed E-state index contributed by atoms with van der Waals surface area (Å²) in [6, 6.07) is 23.6. The second-order valence-corrected chi connectivity index (χ2v) is 11.0. The molecule has 2 aliphatic heterocycles. The van der Waals surface area contributed by atoms with Crippen LogP contribution in [0.1, 0.15) is 16.7 Å². The molecule has 1 fully saturated rings.